The molecule has 0 aliphatic heterocycles. The second kappa shape index (κ2) is 2.79. The van der Waals surface area contributed by atoms with E-state index in [9.17, 15) is 0 Å². The number of aryl methyl sites for hydroxylation is 2. The van der Waals surface area contributed by atoms with E-state index in [1.54, 1.807) is 0 Å². The van der Waals surface area contributed by atoms with E-state index < -0.39 is 0 Å². The fourth-order valence-corrected chi connectivity index (χ4v) is 2.16. The van der Waals surface area contributed by atoms with Gasteiger partial charge in [0.25, 0.3) is 0 Å². The number of aromatic nitrogens is 2. The summed E-state index contributed by atoms with van der Waals surface area (Å²) in [5.41, 5.74) is 2.39. The quantitative estimate of drug-likeness (QED) is 0.638. The topological polar surface area (TPSA) is 49.6 Å². The van der Waals surface area contributed by atoms with E-state index in [2.05, 4.69) is 16.0 Å². The van der Waals surface area contributed by atoms with Crippen molar-refractivity contribution in [3.05, 3.63) is 22.5 Å². The molecular formula is C9H7N3S. The van der Waals surface area contributed by atoms with Crippen LogP contribution in [0.2, 0.25) is 0 Å². The van der Waals surface area contributed by atoms with E-state index in [-0.39, 0.29) is 0 Å². The highest BCUT2D eigenvalue weighted by molar-refractivity contribution is 7.17. The molecule has 0 spiro atoms. The number of hydrogen-bond donors (Lipinski definition) is 0. The molecule has 0 atom stereocenters. The lowest BCUT2D eigenvalue weighted by Gasteiger charge is -1.96. The molecule has 0 amide bonds. The Balaban J connectivity index is 2.92. The van der Waals surface area contributed by atoms with Crippen LogP contribution < -0.4 is 0 Å². The van der Waals surface area contributed by atoms with Crippen molar-refractivity contribution in [1.82, 2.24) is 9.97 Å². The van der Waals surface area contributed by atoms with Crippen LogP contribution in [0, 0.1) is 25.2 Å². The zero-order chi connectivity index (χ0) is 9.42. The van der Waals surface area contributed by atoms with Crippen molar-refractivity contribution in [2.75, 3.05) is 0 Å². The maximum absolute atomic E-state index is 8.80. The molecule has 64 valence electrons. The van der Waals surface area contributed by atoms with Gasteiger partial charge in [-0.25, -0.2) is 9.97 Å². The fraction of sp³-hybridized carbons (Fsp3) is 0.222. The highest BCUT2D eigenvalue weighted by Crippen LogP contribution is 2.25. The van der Waals surface area contributed by atoms with Crippen molar-refractivity contribution in [1.29, 1.82) is 5.26 Å². The molecule has 2 heterocycles. The van der Waals surface area contributed by atoms with Gasteiger partial charge in [0, 0.05) is 5.38 Å². The lowest BCUT2D eigenvalue weighted by atomic mass is 10.3. The number of nitriles is 1. The maximum Gasteiger partial charge on any atom is 0.126 e. The van der Waals surface area contributed by atoms with Crippen LogP contribution in [-0.2, 0) is 0 Å². The van der Waals surface area contributed by atoms with Crippen molar-refractivity contribution < 1.29 is 0 Å². The Bertz CT molecular complexity index is 507. The number of fused-ring (bicyclic) bond motifs is 1. The summed E-state index contributed by atoms with van der Waals surface area (Å²) in [5.74, 6) is 0.722. The van der Waals surface area contributed by atoms with Gasteiger partial charge in [0.15, 0.2) is 0 Å². The van der Waals surface area contributed by atoms with E-state index in [1.807, 2.05) is 19.2 Å². The Kier molecular flexibility index (Phi) is 1.74. The molecular weight excluding hydrogens is 182 g/mol. The summed E-state index contributed by atoms with van der Waals surface area (Å²) >= 11 is 1.53. The van der Waals surface area contributed by atoms with Gasteiger partial charge in [0.1, 0.15) is 17.4 Å². The third kappa shape index (κ3) is 1.18. The van der Waals surface area contributed by atoms with E-state index in [4.69, 9.17) is 5.26 Å². The molecule has 0 N–H and O–H groups in total. The molecule has 0 bridgehead atoms. The Morgan fingerprint density at radius 2 is 2.15 bits per heavy atom. The summed E-state index contributed by atoms with van der Waals surface area (Å²) in [4.78, 5) is 8.48. The molecule has 0 aliphatic carbocycles. The molecule has 0 saturated carbocycles. The predicted molar refractivity (Wildman–Crippen MR) is 51.6 cm³/mol. The van der Waals surface area contributed by atoms with Crippen LogP contribution in [0.5, 0.6) is 0 Å². The zero-order valence-electron chi connectivity index (χ0n) is 7.33. The molecule has 0 aliphatic rings. The van der Waals surface area contributed by atoms with Gasteiger partial charge in [-0.2, -0.15) is 5.26 Å². The minimum atomic E-state index is 0.647. The first-order valence-electron chi connectivity index (χ1n) is 3.85. The van der Waals surface area contributed by atoms with Crippen LogP contribution in [0.25, 0.3) is 10.2 Å². The van der Waals surface area contributed by atoms with Crippen LogP contribution in [0.15, 0.2) is 5.38 Å². The van der Waals surface area contributed by atoms with Crippen molar-refractivity contribution in [2.45, 2.75) is 13.8 Å². The van der Waals surface area contributed by atoms with Crippen LogP contribution in [-0.4, -0.2) is 9.97 Å². The molecule has 2 rings (SSSR count). The number of nitrogens with zero attached hydrogens (tertiary/aromatic N) is 3. The van der Waals surface area contributed by atoms with Gasteiger partial charge in [-0.15, -0.1) is 11.3 Å². The summed E-state index contributed by atoms with van der Waals surface area (Å²) in [5, 5.41) is 10.6. The van der Waals surface area contributed by atoms with Gasteiger partial charge < -0.3 is 0 Å². The normalized spacial score (nSPS) is 10.2. The Morgan fingerprint density at radius 1 is 1.38 bits per heavy atom. The first-order chi connectivity index (χ1) is 6.22. The van der Waals surface area contributed by atoms with Gasteiger partial charge in [-0.3, -0.25) is 0 Å². The van der Waals surface area contributed by atoms with E-state index in [0.29, 0.717) is 5.56 Å². The van der Waals surface area contributed by atoms with Gasteiger partial charge in [-0.05, 0) is 13.8 Å². The molecule has 0 fully saturated rings. The summed E-state index contributed by atoms with van der Waals surface area (Å²) < 4.78 is 1.02. The van der Waals surface area contributed by atoms with Crippen molar-refractivity contribution in [2.24, 2.45) is 0 Å². The molecule has 2 aromatic rings. The third-order valence-electron chi connectivity index (χ3n) is 1.82. The van der Waals surface area contributed by atoms with Gasteiger partial charge in [-0.1, -0.05) is 0 Å². The van der Waals surface area contributed by atoms with Crippen molar-refractivity contribution in [3.63, 3.8) is 0 Å². The summed E-state index contributed by atoms with van der Waals surface area (Å²) in [6.07, 6.45) is 0. The standard InChI is InChI=1S/C9H7N3S/c1-5-9-8(12-6(2)11-5)7(3-10)4-13-9/h4H,1-2H3. The van der Waals surface area contributed by atoms with E-state index in [1.165, 1.54) is 11.3 Å². The van der Waals surface area contributed by atoms with E-state index >= 15 is 0 Å². The van der Waals surface area contributed by atoms with Gasteiger partial charge in [0.05, 0.1) is 16.0 Å². The lowest BCUT2D eigenvalue weighted by Crippen LogP contribution is -1.90. The summed E-state index contributed by atoms with van der Waals surface area (Å²) in [6, 6.07) is 2.12. The largest absolute Gasteiger partial charge is 0.237 e. The fourth-order valence-electron chi connectivity index (χ4n) is 1.28. The second-order valence-electron chi connectivity index (χ2n) is 2.80. The molecule has 0 saturated heterocycles. The second-order valence-corrected chi connectivity index (χ2v) is 3.67. The number of thiophene rings is 1. The maximum atomic E-state index is 8.80. The molecule has 4 heteroatoms. The van der Waals surface area contributed by atoms with E-state index in [0.717, 1.165) is 21.7 Å². The predicted octanol–water partition coefficient (Wildman–Crippen LogP) is 2.18. The lowest BCUT2D eigenvalue weighted by molar-refractivity contribution is 1.05. The first kappa shape index (κ1) is 8.14. The zero-order valence-corrected chi connectivity index (χ0v) is 8.14. The third-order valence-corrected chi connectivity index (χ3v) is 2.90. The Hall–Kier alpha value is -1.47. The molecule has 3 nitrogen and oxygen atoms in total. The minimum Gasteiger partial charge on any atom is -0.237 e. The Labute approximate surface area is 79.7 Å². The van der Waals surface area contributed by atoms with Gasteiger partial charge >= 0.3 is 0 Å². The smallest absolute Gasteiger partial charge is 0.126 e. The first-order valence-corrected chi connectivity index (χ1v) is 4.73. The van der Waals surface area contributed by atoms with Crippen molar-refractivity contribution in [3.8, 4) is 6.07 Å². The SMILES string of the molecule is Cc1nc(C)c2scc(C#N)c2n1. The molecule has 0 unspecified atom stereocenters. The van der Waals surface area contributed by atoms with Crippen LogP contribution in [0.4, 0.5) is 0 Å². The highest BCUT2D eigenvalue weighted by atomic mass is 32.1. The van der Waals surface area contributed by atoms with Crippen LogP contribution in [0.1, 0.15) is 17.1 Å². The Morgan fingerprint density at radius 3 is 2.85 bits per heavy atom. The summed E-state index contributed by atoms with van der Waals surface area (Å²) in [6.45, 7) is 3.78. The summed E-state index contributed by atoms with van der Waals surface area (Å²) in [7, 11) is 0. The molecule has 0 radical (unpaired) electrons. The highest BCUT2D eigenvalue weighted by Gasteiger charge is 2.08. The molecule has 2 aromatic heterocycles. The van der Waals surface area contributed by atoms with Gasteiger partial charge in [0.2, 0.25) is 0 Å². The molecule has 0 aromatic carbocycles. The average Bonchev–Trinajstić information content (AvgIpc) is 2.47. The minimum absolute atomic E-state index is 0.647. The monoisotopic (exact) mass is 189 g/mol. The van der Waals surface area contributed by atoms with Crippen LogP contribution >= 0.6 is 11.3 Å². The molecule has 13 heavy (non-hydrogen) atoms. The number of rotatable bonds is 0. The van der Waals surface area contributed by atoms with Crippen LogP contribution in [0.3, 0.4) is 0 Å². The number of hydrogen-bond acceptors (Lipinski definition) is 4. The average molecular weight is 189 g/mol. The van der Waals surface area contributed by atoms with Crippen molar-refractivity contribution >= 4 is 21.6 Å².